The van der Waals surface area contributed by atoms with E-state index in [0.717, 1.165) is 30.8 Å². The Morgan fingerprint density at radius 2 is 2.05 bits per heavy atom. The summed E-state index contributed by atoms with van der Waals surface area (Å²) in [5, 5.41) is 3.52. The van der Waals surface area contributed by atoms with Crippen LogP contribution in [0.15, 0.2) is 16.7 Å². The lowest BCUT2D eigenvalue weighted by atomic mass is 9.92. The fourth-order valence-corrected chi connectivity index (χ4v) is 3.92. The highest BCUT2D eigenvalue weighted by atomic mass is 16.3. The Labute approximate surface area is 129 Å². The van der Waals surface area contributed by atoms with Crippen molar-refractivity contribution in [1.29, 1.82) is 0 Å². The van der Waals surface area contributed by atoms with Crippen LogP contribution in [0.25, 0.3) is 0 Å². The van der Waals surface area contributed by atoms with Gasteiger partial charge in [-0.25, -0.2) is 0 Å². The van der Waals surface area contributed by atoms with Gasteiger partial charge in [-0.05, 0) is 65.0 Å². The molecule has 0 aromatic carbocycles. The quantitative estimate of drug-likeness (QED) is 0.910. The van der Waals surface area contributed by atoms with Gasteiger partial charge < -0.3 is 9.73 Å². The van der Waals surface area contributed by atoms with Crippen molar-refractivity contribution in [3.05, 3.63) is 23.7 Å². The summed E-state index contributed by atoms with van der Waals surface area (Å²) in [7, 11) is 0. The van der Waals surface area contributed by atoms with Gasteiger partial charge in [-0.2, -0.15) is 0 Å². The van der Waals surface area contributed by atoms with Crippen molar-refractivity contribution in [2.45, 2.75) is 77.5 Å². The van der Waals surface area contributed by atoms with Crippen molar-refractivity contribution in [1.82, 2.24) is 10.2 Å². The number of nitrogens with one attached hydrogen (secondary N) is 1. The molecular formula is C18H30N2O. The van der Waals surface area contributed by atoms with Gasteiger partial charge in [-0.3, -0.25) is 4.90 Å². The molecule has 1 aromatic rings. The summed E-state index contributed by atoms with van der Waals surface area (Å²) in [6.07, 6.45) is 8.99. The summed E-state index contributed by atoms with van der Waals surface area (Å²) >= 11 is 0. The Morgan fingerprint density at radius 3 is 2.86 bits per heavy atom. The topological polar surface area (TPSA) is 28.4 Å². The van der Waals surface area contributed by atoms with Crippen molar-refractivity contribution >= 4 is 0 Å². The lowest BCUT2D eigenvalue weighted by molar-refractivity contribution is 0.0979. The van der Waals surface area contributed by atoms with Crippen molar-refractivity contribution in [2.75, 3.05) is 6.54 Å². The van der Waals surface area contributed by atoms with Crippen molar-refractivity contribution in [3.8, 4) is 0 Å². The predicted octanol–water partition coefficient (Wildman–Crippen LogP) is 3.93. The summed E-state index contributed by atoms with van der Waals surface area (Å²) < 4.78 is 5.80. The summed E-state index contributed by atoms with van der Waals surface area (Å²) in [4.78, 5) is 2.67. The fraction of sp³-hybridized carbons (Fsp3) is 0.778. The normalized spacial score (nSPS) is 27.0. The Bertz CT molecular complexity index is 460. The number of fused-ring (bicyclic) bond motifs is 1. The Morgan fingerprint density at radius 1 is 1.24 bits per heavy atom. The number of piperidine rings is 1. The largest absolute Gasteiger partial charge is 0.468 e. The molecule has 21 heavy (non-hydrogen) atoms. The smallest absolute Gasteiger partial charge is 0.118 e. The maximum Gasteiger partial charge on any atom is 0.118 e. The molecule has 0 radical (unpaired) electrons. The standard InChI is InChI=1S/C18H30N2O/c1-18(2,3)19-11-14-10-16(21-13-14)12-20-9-5-7-15-6-4-8-17(15)20/h10,13,15,17,19H,4-9,11-12H2,1-3H3. The number of hydrogen-bond donors (Lipinski definition) is 1. The lowest BCUT2D eigenvalue weighted by Crippen LogP contribution is -2.41. The van der Waals surface area contributed by atoms with Gasteiger partial charge in [0.25, 0.3) is 0 Å². The summed E-state index contributed by atoms with van der Waals surface area (Å²) in [5.74, 6) is 2.09. The molecule has 1 aromatic heterocycles. The van der Waals surface area contributed by atoms with Gasteiger partial charge in [0.1, 0.15) is 5.76 Å². The van der Waals surface area contributed by atoms with Gasteiger partial charge >= 0.3 is 0 Å². The first-order valence-electron chi connectivity index (χ1n) is 8.57. The minimum absolute atomic E-state index is 0.154. The molecule has 1 aliphatic carbocycles. The van der Waals surface area contributed by atoms with E-state index >= 15 is 0 Å². The van der Waals surface area contributed by atoms with E-state index in [-0.39, 0.29) is 5.54 Å². The van der Waals surface area contributed by atoms with E-state index in [4.69, 9.17) is 4.42 Å². The van der Waals surface area contributed by atoms with Gasteiger partial charge in [0, 0.05) is 23.7 Å². The molecule has 1 saturated heterocycles. The Hall–Kier alpha value is -0.800. The Kier molecular flexibility index (Phi) is 4.41. The molecular weight excluding hydrogens is 260 g/mol. The first-order chi connectivity index (χ1) is 10.0. The molecule has 0 amide bonds. The summed E-state index contributed by atoms with van der Waals surface area (Å²) in [6, 6.07) is 3.05. The molecule has 3 heteroatoms. The first kappa shape index (κ1) is 15.1. The van der Waals surface area contributed by atoms with E-state index in [2.05, 4.69) is 37.1 Å². The molecule has 1 aliphatic heterocycles. The molecule has 2 unspecified atom stereocenters. The Balaban J connectivity index is 1.56. The average molecular weight is 290 g/mol. The second kappa shape index (κ2) is 6.13. The monoisotopic (exact) mass is 290 g/mol. The molecule has 0 bridgehead atoms. The van der Waals surface area contributed by atoms with Crippen LogP contribution < -0.4 is 5.32 Å². The summed E-state index contributed by atoms with van der Waals surface area (Å²) in [6.45, 7) is 9.72. The van der Waals surface area contributed by atoms with E-state index in [1.54, 1.807) is 0 Å². The third-order valence-corrected chi connectivity index (χ3v) is 5.00. The lowest BCUT2D eigenvalue weighted by Gasteiger charge is -2.37. The van der Waals surface area contributed by atoms with E-state index < -0.39 is 0 Å². The number of hydrogen-bond acceptors (Lipinski definition) is 3. The second-order valence-electron chi connectivity index (χ2n) is 7.90. The highest BCUT2D eigenvalue weighted by molar-refractivity contribution is 5.13. The van der Waals surface area contributed by atoms with Gasteiger partial charge in [-0.15, -0.1) is 0 Å². The molecule has 1 saturated carbocycles. The van der Waals surface area contributed by atoms with Crippen molar-refractivity contribution < 1.29 is 4.42 Å². The molecule has 2 aliphatic rings. The van der Waals surface area contributed by atoms with Crippen LogP contribution in [0.4, 0.5) is 0 Å². The third kappa shape index (κ3) is 3.89. The van der Waals surface area contributed by atoms with Crippen LogP contribution in [-0.2, 0) is 13.1 Å². The van der Waals surface area contributed by atoms with Crippen LogP contribution >= 0.6 is 0 Å². The number of likely N-dealkylation sites (tertiary alicyclic amines) is 1. The molecule has 118 valence electrons. The minimum Gasteiger partial charge on any atom is -0.468 e. The van der Waals surface area contributed by atoms with Crippen LogP contribution in [0.5, 0.6) is 0 Å². The number of rotatable bonds is 4. The summed E-state index contributed by atoms with van der Waals surface area (Å²) in [5.41, 5.74) is 1.42. The molecule has 0 spiro atoms. The van der Waals surface area contributed by atoms with Crippen molar-refractivity contribution in [3.63, 3.8) is 0 Å². The fourth-order valence-electron chi connectivity index (χ4n) is 3.92. The predicted molar refractivity (Wildman–Crippen MR) is 86.1 cm³/mol. The van der Waals surface area contributed by atoms with Crippen molar-refractivity contribution in [2.24, 2.45) is 5.92 Å². The van der Waals surface area contributed by atoms with Crippen LogP contribution in [0.1, 0.15) is 64.2 Å². The minimum atomic E-state index is 0.154. The molecule has 2 atom stereocenters. The molecule has 2 heterocycles. The van der Waals surface area contributed by atoms with Crippen LogP contribution in [0.2, 0.25) is 0 Å². The maximum atomic E-state index is 5.80. The van der Waals surface area contributed by atoms with Crippen LogP contribution in [0.3, 0.4) is 0 Å². The zero-order valence-electron chi connectivity index (χ0n) is 13.8. The second-order valence-corrected chi connectivity index (χ2v) is 7.90. The first-order valence-corrected chi connectivity index (χ1v) is 8.57. The molecule has 3 nitrogen and oxygen atoms in total. The highest BCUT2D eigenvalue weighted by Gasteiger charge is 2.35. The van der Waals surface area contributed by atoms with Crippen LogP contribution in [-0.4, -0.2) is 23.0 Å². The van der Waals surface area contributed by atoms with Crippen LogP contribution in [0, 0.1) is 5.92 Å². The molecule has 1 N–H and O–H groups in total. The zero-order chi connectivity index (χ0) is 14.9. The SMILES string of the molecule is CC(C)(C)NCc1coc(CN2CCCC3CCCC32)c1. The maximum absolute atomic E-state index is 5.80. The van der Waals surface area contributed by atoms with Gasteiger partial charge in [-0.1, -0.05) is 6.42 Å². The molecule has 3 rings (SSSR count). The average Bonchev–Trinajstić information content (AvgIpc) is 3.04. The third-order valence-electron chi connectivity index (χ3n) is 5.00. The van der Waals surface area contributed by atoms with Gasteiger partial charge in [0.15, 0.2) is 0 Å². The van der Waals surface area contributed by atoms with Gasteiger partial charge in [0.2, 0.25) is 0 Å². The van der Waals surface area contributed by atoms with E-state index in [0.29, 0.717) is 0 Å². The highest BCUT2D eigenvalue weighted by Crippen LogP contribution is 2.37. The van der Waals surface area contributed by atoms with E-state index in [9.17, 15) is 0 Å². The number of furan rings is 1. The molecule has 2 fully saturated rings. The zero-order valence-corrected chi connectivity index (χ0v) is 13.8. The van der Waals surface area contributed by atoms with E-state index in [1.165, 1.54) is 44.2 Å². The number of nitrogens with zero attached hydrogens (tertiary/aromatic N) is 1. The van der Waals surface area contributed by atoms with Gasteiger partial charge in [0.05, 0.1) is 12.8 Å². The van der Waals surface area contributed by atoms with E-state index in [1.807, 2.05) is 6.26 Å².